The minimum atomic E-state index is -0.855. The minimum absolute atomic E-state index is 0.286. The molecule has 4 heteroatoms. The molecule has 82 valence electrons. The molecule has 2 rings (SSSR count). The number of hydrogen-bond donors (Lipinski definition) is 1. The van der Waals surface area contributed by atoms with Gasteiger partial charge in [-0.25, -0.2) is 4.79 Å². The maximum absolute atomic E-state index is 11.0. The standard InChI is InChI=1S/C11H16N2O2/c1-3-7(2)13-10(8-4-5-8)9(6-12-13)11(14)15/h6-8H,3-5H2,1-2H3,(H,14,15). The summed E-state index contributed by atoms with van der Waals surface area (Å²) in [4.78, 5) is 11.0. The number of aromatic nitrogens is 2. The predicted octanol–water partition coefficient (Wildman–Crippen LogP) is 2.43. The van der Waals surface area contributed by atoms with Crippen LogP contribution >= 0.6 is 0 Å². The average molecular weight is 208 g/mol. The second-order valence-corrected chi connectivity index (χ2v) is 4.22. The van der Waals surface area contributed by atoms with Gasteiger partial charge < -0.3 is 5.11 Å². The summed E-state index contributed by atoms with van der Waals surface area (Å²) in [6.45, 7) is 4.16. The van der Waals surface area contributed by atoms with Crippen LogP contribution in [0.1, 0.15) is 61.1 Å². The second kappa shape index (κ2) is 3.68. The highest BCUT2D eigenvalue weighted by Crippen LogP contribution is 2.42. The lowest BCUT2D eigenvalue weighted by Crippen LogP contribution is -2.11. The van der Waals surface area contributed by atoms with E-state index < -0.39 is 5.97 Å². The monoisotopic (exact) mass is 208 g/mol. The maximum Gasteiger partial charge on any atom is 0.339 e. The zero-order chi connectivity index (χ0) is 11.0. The maximum atomic E-state index is 11.0. The van der Waals surface area contributed by atoms with E-state index in [1.807, 2.05) is 4.68 Å². The van der Waals surface area contributed by atoms with Gasteiger partial charge in [0.05, 0.1) is 11.9 Å². The first kappa shape index (κ1) is 10.2. The highest BCUT2D eigenvalue weighted by molar-refractivity contribution is 5.89. The summed E-state index contributed by atoms with van der Waals surface area (Å²) in [5.41, 5.74) is 1.31. The van der Waals surface area contributed by atoms with Crippen LogP contribution in [-0.2, 0) is 0 Å². The van der Waals surface area contributed by atoms with Crippen molar-refractivity contribution in [3.8, 4) is 0 Å². The molecule has 4 nitrogen and oxygen atoms in total. The van der Waals surface area contributed by atoms with Gasteiger partial charge in [-0.3, -0.25) is 4.68 Å². The largest absolute Gasteiger partial charge is 0.478 e. The van der Waals surface area contributed by atoms with Gasteiger partial charge in [-0.05, 0) is 26.2 Å². The molecule has 0 amide bonds. The first-order valence-corrected chi connectivity index (χ1v) is 5.45. The Morgan fingerprint density at radius 2 is 2.40 bits per heavy atom. The predicted molar refractivity (Wildman–Crippen MR) is 56.2 cm³/mol. The van der Waals surface area contributed by atoms with Gasteiger partial charge in [-0.15, -0.1) is 0 Å². The summed E-state index contributed by atoms with van der Waals surface area (Å²) in [6, 6.07) is 0.286. The van der Waals surface area contributed by atoms with Crippen molar-refractivity contribution in [3.63, 3.8) is 0 Å². The van der Waals surface area contributed by atoms with Crippen LogP contribution in [0.15, 0.2) is 6.20 Å². The highest BCUT2D eigenvalue weighted by atomic mass is 16.4. The summed E-state index contributed by atoms with van der Waals surface area (Å²) < 4.78 is 1.89. The summed E-state index contributed by atoms with van der Waals surface area (Å²) in [5, 5.41) is 13.3. The lowest BCUT2D eigenvalue weighted by Gasteiger charge is -2.13. The average Bonchev–Trinajstić information content (AvgIpc) is 2.95. The van der Waals surface area contributed by atoms with Crippen molar-refractivity contribution < 1.29 is 9.90 Å². The summed E-state index contributed by atoms with van der Waals surface area (Å²) in [5.74, 6) is -0.431. The molecule has 0 aliphatic heterocycles. The number of carboxylic acid groups (broad SMARTS) is 1. The van der Waals surface area contributed by atoms with Gasteiger partial charge in [0.15, 0.2) is 0 Å². The fraction of sp³-hybridized carbons (Fsp3) is 0.636. The topological polar surface area (TPSA) is 55.1 Å². The number of nitrogens with zero attached hydrogens (tertiary/aromatic N) is 2. The molecular formula is C11H16N2O2. The molecule has 1 atom stereocenters. The summed E-state index contributed by atoms with van der Waals surface area (Å²) in [6.07, 6.45) is 4.66. The minimum Gasteiger partial charge on any atom is -0.478 e. The molecule has 0 aromatic carbocycles. The second-order valence-electron chi connectivity index (χ2n) is 4.22. The van der Waals surface area contributed by atoms with Crippen LogP contribution in [0.25, 0.3) is 0 Å². The van der Waals surface area contributed by atoms with Crippen molar-refractivity contribution in [1.29, 1.82) is 0 Å². The molecule has 1 saturated carbocycles. The van der Waals surface area contributed by atoms with Gasteiger partial charge in [0, 0.05) is 12.0 Å². The van der Waals surface area contributed by atoms with Crippen molar-refractivity contribution in [3.05, 3.63) is 17.5 Å². The van der Waals surface area contributed by atoms with Gasteiger partial charge in [0.25, 0.3) is 0 Å². The Kier molecular flexibility index (Phi) is 2.50. The quantitative estimate of drug-likeness (QED) is 0.826. The molecule has 1 aliphatic rings. The normalized spacial score (nSPS) is 17.7. The Morgan fingerprint density at radius 1 is 1.73 bits per heavy atom. The van der Waals surface area contributed by atoms with Crippen molar-refractivity contribution in [2.45, 2.75) is 45.1 Å². The van der Waals surface area contributed by atoms with Crippen LogP contribution in [0.4, 0.5) is 0 Å². The fourth-order valence-corrected chi connectivity index (χ4v) is 1.82. The lowest BCUT2D eigenvalue weighted by molar-refractivity contribution is 0.0695. The Hall–Kier alpha value is -1.32. The number of carbonyl (C=O) groups is 1. The van der Waals surface area contributed by atoms with Crippen LogP contribution < -0.4 is 0 Å². The molecule has 1 aromatic heterocycles. The molecule has 0 spiro atoms. The molecule has 1 N–H and O–H groups in total. The van der Waals surface area contributed by atoms with Gasteiger partial charge >= 0.3 is 5.97 Å². The van der Waals surface area contributed by atoms with Crippen LogP contribution in [0.5, 0.6) is 0 Å². The fourth-order valence-electron chi connectivity index (χ4n) is 1.82. The highest BCUT2D eigenvalue weighted by Gasteiger charge is 2.33. The van der Waals surface area contributed by atoms with Crippen molar-refractivity contribution in [1.82, 2.24) is 9.78 Å². The Bertz CT molecular complexity index is 380. The smallest absolute Gasteiger partial charge is 0.339 e. The number of hydrogen-bond acceptors (Lipinski definition) is 2. The molecule has 1 aromatic rings. The molecule has 1 heterocycles. The molecule has 1 aliphatic carbocycles. The van der Waals surface area contributed by atoms with Crippen molar-refractivity contribution >= 4 is 5.97 Å². The number of carboxylic acids is 1. The van der Waals surface area contributed by atoms with Crippen LogP contribution in [-0.4, -0.2) is 20.9 Å². The van der Waals surface area contributed by atoms with E-state index in [0.29, 0.717) is 11.5 Å². The molecule has 15 heavy (non-hydrogen) atoms. The van der Waals surface area contributed by atoms with Gasteiger partial charge in [-0.2, -0.15) is 5.10 Å². The van der Waals surface area contributed by atoms with E-state index in [1.54, 1.807) is 0 Å². The van der Waals surface area contributed by atoms with E-state index in [4.69, 9.17) is 5.11 Å². The van der Waals surface area contributed by atoms with E-state index >= 15 is 0 Å². The zero-order valence-electron chi connectivity index (χ0n) is 9.10. The molecule has 0 bridgehead atoms. The molecule has 1 unspecified atom stereocenters. The third kappa shape index (κ3) is 1.76. The molecule has 0 radical (unpaired) electrons. The van der Waals surface area contributed by atoms with E-state index in [9.17, 15) is 4.79 Å². The van der Waals surface area contributed by atoms with E-state index in [2.05, 4.69) is 18.9 Å². The third-order valence-electron chi connectivity index (χ3n) is 3.04. The zero-order valence-corrected chi connectivity index (χ0v) is 9.10. The van der Waals surface area contributed by atoms with Gasteiger partial charge in [0.1, 0.15) is 5.56 Å². The number of aromatic carboxylic acids is 1. The van der Waals surface area contributed by atoms with Crippen LogP contribution in [0, 0.1) is 0 Å². The molecule has 1 fully saturated rings. The molecule has 0 saturated heterocycles. The van der Waals surface area contributed by atoms with Gasteiger partial charge in [0.2, 0.25) is 0 Å². The SMILES string of the molecule is CCC(C)n1ncc(C(=O)O)c1C1CC1. The van der Waals surface area contributed by atoms with Crippen LogP contribution in [0.3, 0.4) is 0 Å². The lowest BCUT2D eigenvalue weighted by atomic mass is 10.1. The van der Waals surface area contributed by atoms with E-state index in [1.165, 1.54) is 6.20 Å². The third-order valence-corrected chi connectivity index (χ3v) is 3.04. The van der Waals surface area contributed by atoms with E-state index in [-0.39, 0.29) is 6.04 Å². The number of rotatable bonds is 4. The van der Waals surface area contributed by atoms with Crippen molar-refractivity contribution in [2.24, 2.45) is 0 Å². The van der Waals surface area contributed by atoms with Gasteiger partial charge in [-0.1, -0.05) is 6.92 Å². The Labute approximate surface area is 88.9 Å². The van der Waals surface area contributed by atoms with E-state index in [0.717, 1.165) is 25.0 Å². The molecular weight excluding hydrogens is 192 g/mol. The first-order chi connectivity index (χ1) is 7.15. The van der Waals surface area contributed by atoms with Crippen LogP contribution in [0.2, 0.25) is 0 Å². The Balaban J connectivity index is 2.42. The summed E-state index contributed by atoms with van der Waals surface area (Å²) >= 11 is 0. The summed E-state index contributed by atoms with van der Waals surface area (Å²) in [7, 11) is 0. The van der Waals surface area contributed by atoms with Crippen molar-refractivity contribution in [2.75, 3.05) is 0 Å². The first-order valence-electron chi connectivity index (χ1n) is 5.45. The Morgan fingerprint density at radius 3 is 2.87 bits per heavy atom.